The molecule has 0 saturated heterocycles. The van der Waals surface area contributed by atoms with Crippen molar-refractivity contribution in [1.29, 1.82) is 0 Å². The predicted molar refractivity (Wildman–Crippen MR) is 44.1 cm³/mol. The van der Waals surface area contributed by atoms with Crippen molar-refractivity contribution in [3.8, 4) is 0 Å². The first-order valence-corrected chi connectivity index (χ1v) is 2.50. The number of carbonyl (C=O) groups excluding carboxylic acids is 1. The molecule has 0 bridgehead atoms. The van der Waals surface area contributed by atoms with Crippen molar-refractivity contribution in [1.82, 2.24) is 0 Å². The van der Waals surface area contributed by atoms with Crippen molar-refractivity contribution in [2.24, 2.45) is 0 Å². The van der Waals surface area contributed by atoms with Gasteiger partial charge in [-0.3, -0.25) is 6.79 Å². The van der Waals surface area contributed by atoms with Gasteiger partial charge in [0.15, 0.2) is 0 Å². The minimum absolute atomic E-state index is 0. The average Bonchev–Trinajstić information content (AvgIpc) is 1.94. The number of rotatable bonds is 0. The standard InChI is InChI=1S/C7H7.CHO.CH3.2Y/c1-7-5-3-2-4-6-7;1-2;;;/h2-6H,1H2;1H;1H3;;/q3*-1;;. The topological polar surface area (TPSA) is 17.1 Å². The van der Waals surface area contributed by atoms with E-state index in [1.807, 2.05) is 30.3 Å². The Balaban J connectivity index is -0.0000000600. The molecule has 0 spiro atoms. The summed E-state index contributed by atoms with van der Waals surface area (Å²) in [6.07, 6.45) is 0. The van der Waals surface area contributed by atoms with Gasteiger partial charge in [-0.1, -0.05) is 6.07 Å². The molecule has 0 heterocycles. The van der Waals surface area contributed by atoms with Crippen LogP contribution in [0.4, 0.5) is 0 Å². The fraction of sp³-hybridized carbons (Fsp3) is 0. The van der Waals surface area contributed by atoms with Crippen molar-refractivity contribution in [3.05, 3.63) is 50.2 Å². The first-order chi connectivity index (χ1) is 4.39. The van der Waals surface area contributed by atoms with E-state index in [1.54, 1.807) is 0 Å². The summed E-state index contributed by atoms with van der Waals surface area (Å²) in [5.41, 5.74) is 1.07. The van der Waals surface area contributed by atoms with Crippen LogP contribution >= 0.6 is 0 Å². The van der Waals surface area contributed by atoms with Gasteiger partial charge in [0, 0.05) is 65.4 Å². The normalized spacial score (nSPS) is 5.33. The molecular formula is C9H11OY2-3. The fourth-order valence-electron chi connectivity index (χ4n) is 0.478. The van der Waals surface area contributed by atoms with Crippen LogP contribution < -0.4 is 0 Å². The molecule has 0 N–H and O–H groups in total. The third kappa shape index (κ3) is 13.6. The van der Waals surface area contributed by atoms with Gasteiger partial charge in [-0.05, 0) is 0 Å². The summed E-state index contributed by atoms with van der Waals surface area (Å²) >= 11 is 0. The van der Waals surface area contributed by atoms with Crippen LogP contribution in [0.3, 0.4) is 0 Å². The van der Waals surface area contributed by atoms with Gasteiger partial charge < -0.3 is 12.2 Å². The monoisotopic (exact) mass is 313 g/mol. The van der Waals surface area contributed by atoms with Gasteiger partial charge in [0.1, 0.15) is 0 Å². The Hall–Kier alpha value is 0.968. The van der Waals surface area contributed by atoms with Gasteiger partial charge in [-0.25, -0.2) is 0 Å². The zero-order chi connectivity index (χ0) is 7.11. The summed E-state index contributed by atoms with van der Waals surface area (Å²) < 4.78 is 0. The fourth-order valence-corrected chi connectivity index (χ4v) is 0.478. The molecular weight excluding hydrogens is 302 g/mol. The van der Waals surface area contributed by atoms with Gasteiger partial charge in [-0.15, -0.1) is 12.1 Å². The van der Waals surface area contributed by atoms with Crippen LogP contribution in [-0.2, 0) is 70.2 Å². The summed E-state index contributed by atoms with van der Waals surface area (Å²) in [6, 6.07) is 9.87. The molecule has 0 aliphatic carbocycles. The van der Waals surface area contributed by atoms with Crippen LogP contribution in [0.15, 0.2) is 30.3 Å². The van der Waals surface area contributed by atoms with Crippen LogP contribution in [0.2, 0.25) is 0 Å². The summed E-state index contributed by atoms with van der Waals surface area (Å²) in [5.74, 6) is 0. The molecule has 0 aliphatic rings. The van der Waals surface area contributed by atoms with Gasteiger partial charge in [0.05, 0.1) is 0 Å². The van der Waals surface area contributed by atoms with Crippen molar-refractivity contribution in [2.75, 3.05) is 0 Å². The molecule has 1 rings (SSSR count). The second-order valence-corrected chi connectivity index (χ2v) is 1.49. The smallest absolute Gasteiger partial charge is 0 e. The summed E-state index contributed by atoms with van der Waals surface area (Å²) in [7, 11) is 0. The van der Waals surface area contributed by atoms with E-state index in [-0.39, 0.29) is 72.8 Å². The maximum atomic E-state index is 7.75. The Labute approximate surface area is 125 Å². The van der Waals surface area contributed by atoms with E-state index >= 15 is 0 Å². The largest absolute Gasteiger partial charge is 0.545 e. The first kappa shape index (κ1) is 23.1. The van der Waals surface area contributed by atoms with E-state index in [1.165, 1.54) is 0 Å². The molecule has 1 aromatic rings. The van der Waals surface area contributed by atoms with Gasteiger partial charge >= 0.3 is 0 Å². The van der Waals surface area contributed by atoms with E-state index in [9.17, 15) is 0 Å². The van der Waals surface area contributed by atoms with Gasteiger partial charge in [0.2, 0.25) is 0 Å². The minimum atomic E-state index is 0. The van der Waals surface area contributed by atoms with Crippen LogP contribution in [0, 0.1) is 14.4 Å². The second kappa shape index (κ2) is 17.9. The van der Waals surface area contributed by atoms with Crippen molar-refractivity contribution in [2.45, 2.75) is 0 Å². The zero-order valence-corrected chi connectivity index (χ0v) is 12.9. The summed E-state index contributed by atoms with van der Waals surface area (Å²) in [5, 5.41) is 0. The van der Waals surface area contributed by atoms with Crippen molar-refractivity contribution >= 4 is 6.79 Å². The minimum Gasteiger partial charge on any atom is -0.545 e. The van der Waals surface area contributed by atoms with Crippen LogP contribution in [0.5, 0.6) is 0 Å². The maximum absolute atomic E-state index is 7.75. The quantitative estimate of drug-likeness (QED) is 0.529. The van der Waals surface area contributed by atoms with E-state index in [4.69, 9.17) is 4.79 Å². The number of hydrogen-bond acceptors (Lipinski definition) is 1. The SMILES string of the molecule is [CH-]=O.[CH2-]c1ccccc1.[CH3-].[Y].[Y]. The molecule has 62 valence electrons. The summed E-state index contributed by atoms with van der Waals surface area (Å²) in [4.78, 5) is 7.75. The van der Waals surface area contributed by atoms with Crippen LogP contribution in [0.25, 0.3) is 0 Å². The molecule has 0 saturated carbocycles. The molecule has 0 amide bonds. The Bertz CT molecular complexity index is 154. The molecule has 0 atom stereocenters. The molecule has 0 unspecified atom stereocenters. The Morgan fingerprint density at radius 3 is 1.50 bits per heavy atom. The first-order valence-electron chi connectivity index (χ1n) is 2.50. The molecule has 1 aromatic carbocycles. The van der Waals surface area contributed by atoms with E-state index in [0.717, 1.165) is 5.56 Å². The number of benzene rings is 1. The van der Waals surface area contributed by atoms with E-state index in [0.29, 0.717) is 0 Å². The number of hydrogen-bond donors (Lipinski definition) is 0. The molecule has 1 nitrogen and oxygen atoms in total. The average molecular weight is 313 g/mol. The molecule has 0 aromatic heterocycles. The molecule has 12 heavy (non-hydrogen) atoms. The second-order valence-electron chi connectivity index (χ2n) is 1.49. The Morgan fingerprint density at radius 2 is 1.33 bits per heavy atom. The van der Waals surface area contributed by atoms with Gasteiger partial charge in [-0.2, -0.15) is 24.6 Å². The Morgan fingerprint density at radius 1 is 1.00 bits per heavy atom. The third-order valence-corrected chi connectivity index (χ3v) is 0.843. The molecule has 3 heteroatoms. The Kier molecular flexibility index (Phi) is 34.5. The van der Waals surface area contributed by atoms with E-state index in [2.05, 4.69) is 13.7 Å². The zero-order valence-electron chi connectivity index (χ0n) is 7.23. The van der Waals surface area contributed by atoms with Crippen LogP contribution in [0.1, 0.15) is 5.56 Å². The predicted octanol–water partition coefficient (Wildman–Crippen LogP) is 2.04. The molecule has 2 radical (unpaired) electrons. The van der Waals surface area contributed by atoms with Crippen molar-refractivity contribution in [3.63, 3.8) is 0 Å². The third-order valence-electron chi connectivity index (χ3n) is 0.843. The molecule has 0 fully saturated rings. The van der Waals surface area contributed by atoms with Crippen molar-refractivity contribution < 1.29 is 70.2 Å². The summed E-state index contributed by atoms with van der Waals surface area (Å²) in [6.45, 7) is 6.97. The maximum Gasteiger partial charge on any atom is 0 e. The van der Waals surface area contributed by atoms with Gasteiger partial charge in [0.25, 0.3) is 0 Å². The van der Waals surface area contributed by atoms with Crippen LogP contribution in [-0.4, -0.2) is 6.79 Å². The molecule has 0 aliphatic heterocycles. The van der Waals surface area contributed by atoms with E-state index < -0.39 is 0 Å².